The number of hydrogen-bond donors (Lipinski definition) is 0. The highest BCUT2D eigenvalue weighted by Crippen LogP contribution is 2.42. The third-order valence-electron chi connectivity index (χ3n) is 3.91. The first kappa shape index (κ1) is 12.6. The smallest absolute Gasteiger partial charge is 0.223 e. The molecule has 0 unspecified atom stereocenters. The van der Waals surface area contributed by atoms with Crippen LogP contribution in [0.5, 0.6) is 0 Å². The van der Waals surface area contributed by atoms with Crippen LogP contribution in [0, 0.1) is 0 Å². The first-order valence-corrected chi connectivity index (χ1v) is 7.25. The Morgan fingerprint density at radius 1 is 1.59 bits per heavy atom. The molecule has 94 valence electrons. The molecule has 0 saturated heterocycles. The number of hydrogen-bond acceptors (Lipinski definition) is 2. The maximum Gasteiger partial charge on any atom is 0.223 e. The van der Waals surface area contributed by atoms with Gasteiger partial charge in [0.1, 0.15) is 0 Å². The Morgan fingerprint density at radius 2 is 2.35 bits per heavy atom. The standard InChI is InChI=1S/C14H21NOS/c1-4-15(3)12(16)10-14(2)8-5-6-11-7-9-17-13(11)14/h7,9H,4-6,8,10H2,1-3H3/t14-/m0/s1. The van der Waals surface area contributed by atoms with E-state index in [1.54, 1.807) is 0 Å². The zero-order valence-electron chi connectivity index (χ0n) is 11.0. The summed E-state index contributed by atoms with van der Waals surface area (Å²) in [5.74, 6) is 0.274. The third-order valence-corrected chi connectivity index (χ3v) is 5.17. The van der Waals surface area contributed by atoms with E-state index in [4.69, 9.17) is 0 Å². The van der Waals surface area contributed by atoms with Crippen molar-refractivity contribution < 1.29 is 4.79 Å². The van der Waals surface area contributed by atoms with Crippen LogP contribution >= 0.6 is 11.3 Å². The molecular formula is C14H21NOS. The SMILES string of the molecule is CCN(C)C(=O)C[C@]1(C)CCCc2ccsc21. The maximum absolute atomic E-state index is 12.1. The molecule has 0 aromatic carbocycles. The minimum atomic E-state index is 0.0717. The van der Waals surface area contributed by atoms with E-state index in [1.807, 2.05) is 30.2 Å². The highest BCUT2D eigenvalue weighted by atomic mass is 32.1. The van der Waals surface area contributed by atoms with Crippen molar-refractivity contribution in [2.75, 3.05) is 13.6 Å². The average Bonchev–Trinajstić information content (AvgIpc) is 2.77. The Balaban J connectivity index is 2.19. The molecule has 1 aromatic rings. The predicted molar refractivity (Wildman–Crippen MR) is 72.5 cm³/mol. The van der Waals surface area contributed by atoms with Gasteiger partial charge in [-0.3, -0.25) is 4.79 Å². The van der Waals surface area contributed by atoms with Crippen molar-refractivity contribution in [2.45, 2.75) is 44.9 Å². The van der Waals surface area contributed by atoms with E-state index < -0.39 is 0 Å². The van der Waals surface area contributed by atoms with E-state index >= 15 is 0 Å². The van der Waals surface area contributed by atoms with Crippen LogP contribution in [0.3, 0.4) is 0 Å². The van der Waals surface area contributed by atoms with Gasteiger partial charge in [0.2, 0.25) is 5.91 Å². The van der Waals surface area contributed by atoms with Crippen molar-refractivity contribution in [3.63, 3.8) is 0 Å². The Bertz CT molecular complexity index is 412. The molecule has 1 atom stereocenters. The minimum absolute atomic E-state index is 0.0717. The molecule has 1 aliphatic carbocycles. The van der Waals surface area contributed by atoms with Crippen LogP contribution in [-0.4, -0.2) is 24.4 Å². The monoisotopic (exact) mass is 251 g/mol. The number of amides is 1. The fraction of sp³-hybridized carbons (Fsp3) is 0.643. The van der Waals surface area contributed by atoms with Crippen molar-refractivity contribution in [1.82, 2.24) is 4.90 Å². The molecule has 3 heteroatoms. The van der Waals surface area contributed by atoms with E-state index in [-0.39, 0.29) is 11.3 Å². The summed E-state index contributed by atoms with van der Waals surface area (Å²) in [5.41, 5.74) is 1.54. The van der Waals surface area contributed by atoms with Crippen molar-refractivity contribution in [1.29, 1.82) is 0 Å². The normalized spacial score (nSPS) is 23.2. The van der Waals surface area contributed by atoms with E-state index in [9.17, 15) is 4.79 Å². The summed E-state index contributed by atoms with van der Waals surface area (Å²) < 4.78 is 0. The van der Waals surface area contributed by atoms with Gasteiger partial charge in [0.25, 0.3) is 0 Å². The maximum atomic E-state index is 12.1. The summed E-state index contributed by atoms with van der Waals surface area (Å²) >= 11 is 1.82. The highest BCUT2D eigenvalue weighted by Gasteiger charge is 2.35. The third kappa shape index (κ3) is 2.39. The Labute approximate surface area is 108 Å². The Kier molecular flexibility index (Phi) is 3.57. The van der Waals surface area contributed by atoms with Crippen LogP contribution in [0.1, 0.15) is 43.6 Å². The minimum Gasteiger partial charge on any atom is -0.346 e. The molecule has 0 saturated carbocycles. The van der Waals surface area contributed by atoms with Crippen LogP contribution in [-0.2, 0) is 16.6 Å². The van der Waals surface area contributed by atoms with Gasteiger partial charge in [-0.15, -0.1) is 11.3 Å². The van der Waals surface area contributed by atoms with E-state index in [2.05, 4.69) is 18.4 Å². The van der Waals surface area contributed by atoms with Crippen LogP contribution in [0.2, 0.25) is 0 Å². The average molecular weight is 251 g/mol. The van der Waals surface area contributed by atoms with Gasteiger partial charge >= 0.3 is 0 Å². The molecule has 17 heavy (non-hydrogen) atoms. The highest BCUT2D eigenvalue weighted by molar-refractivity contribution is 7.10. The number of carbonyl (C=O) groups excluding carboxylic acids is 1. The van der Waals surface area contributed by atoms with Gasteiger partial charge in [-0.2, -0.15) is 0 Å². The Morgan fingerprint density at radius 3 is 3.06 bits per heavy atom. The molecule has 1 heterocycles. The summed E-state index contributed by atoms with van der Waals surface area (Å²) in [6, 6.07) is 2.23. The second-order valence-electron chi connectivity index (χ2n) is 5.27. The van der Waals surface area contributed by atoms with E-state index in [0.29, 0.717) is 6.42 Å². The van der Waals surface area contributed by atoms with Gasteiger partial charge < -0.3 is 4.90 Å². The van der Waals surface area contributed by atoms with Crippen LogP contribution in [0.15, 0.2) is 11.4 Å². The molecule has 2 rings (SSSR count). The summed E-state index contributed by atoms with van der Waals surface area (Å²) in [5, 5.41) is 2.17. The molecule has 1 aliphatic rings. The molecule has 0 N–H and O–H groups in total. The van der Waals surface area contributed by atoms with Crippen molar-refractivity contribution >= 4 is 17.2 Å². The van der Waals surface area contributed by atoms with E-state index in [1.165, 1.54) is 23.3 Å². The lowest BCUT2D eigenvalue weighted by atomic mass is 9.74. The first-order chi connectivity index (χ1) is 8.07. The van der Waals surface area contributed by atoms with Crippen LogP contribution < -0.4 is 0 Å². The molecule has 0 fully saturated rings. The lowest BCUT2D eigenvalue weighted by Crippen LogP contribution is -2.35. The number of thiophene rings is 1. The number of rotatable bonds is 3. The number of nitrogens with zero attached hydrogens (tertiary/aromatic N) is 1. The van der Waals surface area contributed by atoms with Crippen LogP contribution in [0.4, 0.5) is 0 Å². The number of aryl methyl sites for hydroxylation is 1. The molecule has 1 amide bonds. The predicted octanol–water partition coefficient (Wildman–Crippen LogP) is 3.21. The van der Waals surface area contributed by atoms with Gasteiger partial charge in [-0.1, -0.05) is 6.92 Å². The topological polar surface area (TPSA) is 20.3 Å². The quantitative estimate of drug-likeness (QED) is 0.808. The lowest BCUT2D eigenvalue weighted by molar-refractivity contribution is -0.131. The summed E-state index contributed by atoms with van der Waals surface area (Å²) in [7, 11) is 1.89. The van der Waals surface area contributed by atoms with Gasteiger partial charge in [0.15, 0.2) is 0 Å². The summed E-state index contributed by atoms with van der Waals surface area (Å²) in [4.78, 5) is 15.4. The second-order valence-corrected chi connectivity index (χ2v) is 6.19. The molecular weight excluding hydrogens is 230 g/mol. The fourth-order valence-electron chi connectivity index (χ4n) is 2.66. The summed E-state index contributed by atoms with van der Waals surface area (Å²) in [6.45, 7) is 5.08. The first-order valence-electron chi connectivity index (χ1n) is 6.37. The largest absolute Gasteiger partial charge is 0.346 e. The molecule has 0 radical (unpaired) electrons. The van der Waals surface area contributed by atoms with Gasteiger partial charge in [-0.25, -0.2) is 0 Å². The van der Waals surface area contributed by atoms with Crippen molar-refractivity contribution in [3.8, 4) is 0 Å². The molecule has 0 aliphatic heterocycles. The zero-order chi connectivity index (χ0) is 12.5. The molecule has 0 spiro atoms. The van der Waals surface area contributed by atoms with Crippen molar-refractivity contribution in [2.24, 2.45) is 0 Å². The summed E-state index contributed by atoms with van der Waals surface area (Å²) in [6.07, 6.45) is 4.20. The molecule has 1 aromatic heterocycles. The molecule has 0 bridgehead atoms. The van der Waals surface area contributed by atoms with Gasteiger partial charge in [0.05, 0.1) is 0 Å². The lowest BCUT2D eigenvalue weighted by Gasteiger charge is -2.34. The van der Waals surface area contributed by atoms with Gasteiger partial charge in [-0.05, 0) is 43.2 Å². The Hall–Kier alpha value is -0.830. The number of fused-ring (bicyclic) bond motifs is 1. The second kappa shape index (κ2) is 4.81. The molecule has 2 nitrogen and oxygen atoms in total. The fourth-order valence-corrected chi connectivity index (χ4v) is 3.81. The zero-order valence-corrected chi connectivity index (χ0v) is 11.8. The van der Waals surface area contributed by atoms with Crippen LogP contribution in [0.25, 0.3) is 0 Å². The van der Waals surface area contributed by atoms with Crippen molar-refractivity contribution in [3.05, 3.63) is 21.9 Å². The van der Waals surface area contributed by atoms with E-state index in [0.717, 1.165) is 13.0 Å². The number of carbonyl (C=O) groups is 1. The van der Waals surface area contributed by atoms with Gasteiger partial charge in [0, 0.05) is 30.3 Å².